The van der Waals surface area contributed by atoms with E-state index >= 15 is 0 Å². The van der Waals surface area contributed by atoms with E-state index in [9.17, 15) is 4.79 Å². The van der Waals surface area contributed by atoms with Gasteiger partial charge < -0.3 is 10.2 Å². The second kappa shape index (κ2) is 8.15. The van der Waals surface area contributed by atoms with Crippen molar-refractivity contribution in [3.05, 3.63) is 0 Å². The van der Waals surface area contributed by atoms with Crippen molar-refractivity contribution in [2.24, 2.45) is 0 Å². The van der Waals surface area contributed by atoms with E-state index in [-0.39, 0.29) is 10.7 Å². The molecule has 0 bridgehead atoms. The van der Waals surface area contributed by atoms with Gasteiger partial charge in [0, 0.05) is 23.9 Å². The number of carbonyl (C=O) groups is 1. The first-order valence-electron chi connectivity index (χ1n) is 7.49. The molecule has 1 N–H and O–H groups in total. The van der Waals surface area contributed by atoms with Crippen LogP contribution in [0.5, 0.6) is 0 Å². The molecule has 1 aliphatic carbocycles. The fourth-order valence-electron chi connectivity index (χ4n) is 2.41. The van der Waals surface area contributed by atoms with Gasteiger partial charge in [0.1, 0.15) is 0 Å². The van der Waals surface area contributed by atoms with Crippen molar-refractivity contribution in [2.75, 3.05) is 25.9 Å². The van der Waals surface area contributed by atoms with E-state index in [1.54, 1.807) is 11.8 Å². The average molecular weight is 286 g/mol. The Kier molecular flexibility index (Phi) is 7.22. The van der Waals surface area contributed by atoms with Crippen LogP contribution in [-0.4, -0.2) is 47.5 Å². The van der Waals surface area contributed by atoms with Crippen molar-refractivity contribution in [2.45, 2.75) is 63.7 Å². The Morgan fingerprint density at radius 1 is 1.26 bits per heavy atom. The minimum Gasteiger partial charge on any atom is -0.354 e. The Balaban J connectivity index is 2.10. The van der Waals surface area contributed by atoms with Gasteiger partial charge in [-0.3, -0.25) is 4.79 Å². The predicted molar refractivity (Wildman–Crippen MR) is 84.7 cm³/mol. The molecule has 0 spiro atoms. The highest BCUT2D eigenvalue weighted by atomic mass is 32.2. The van der Waals surface area contributed by atoms with Crippen LogP contribution in [0.15, 0.2) is 0 Å². The van der Waals surface area contributed by atoms with Gasteiger partial charge in [-0.2, -0.15) is 0 Å². The normalized spacial score (nSPS) is 17.7. The monoisotopic (exact) mass is 286 g/mol. The molecular formula is C15H30N2OS. The molecule has 0 saturated heterocycles. The topological polar surface area (TPSA) is 32.3 Å². The smallest absolute Gasteiger partial charge is 0.230 e. The van der Waals surface area contributed by atoms with Gasteiger partial charge in [0.2, 0.25) is 5.91 Å². The maximum absolute atomic E-state index is 11.7. The van der Waals surface area contributed by atoms with Gasteiger partial charge in [-0.05, 0) is 19.9 Å². The van der Waals surface area contributed by atoms with Crippen LogP contribution in [0, 0.1) is 0 Å². The molecule has 1 rings (SSSR count). The van der Waals surface area contributed by atoms with Crippen molar-refractivity contribution >= 4 is 17.7 Å². The first kappa shape index (κ1) is 16.8. The third-order valence-corrected chi connectivity index (χ3v) is 4.89. The SMILES string of the molecule is CN(CCNC(=O)CSC(C)(C)C)C1CCCCC1. The molecular weight excluding hydrogens is 256 g/mol. The van der Waals surface area contributed by atoms with E-state index in [0.717, 1.165) is 19.1 Å². The zero-order valence-corrected chi connectivity index (χ0v) is 13.8. The number of rotatable bonds is 6. The highest BCUT2D eigenvalue weighted by Crippen LogP contribution is 2.22. The fraction of sp³-hybridized carbons (Fsp3) is 0.933. The molecule has 0 aromatic carbocycles. The molecule has 1 fully saturated rings. The molecule has 3 nitrogen and oxygen atoms in total. The van der Waals surface area contributed by atoms with Crippen molar-refractivity contribution in [1.29, 1.82) is 0 Å². The summed E-state index contributed by atoms with van der Waals surface area (Å²) in [7, 11) is 2.19. The fourth-order valence-corrected chi connectivity index (χ4v) is 3.08. The summed E-state index contributed by atoms with van der Waals surface area (Å²) >= 11 is 1.70. The van der Waals surface area contributed by atoms with Crippen LogP contribution in [-0.2, 0) is 4.79 Å². The molecule has 0 atom stereocenters. The predicted octanol–water partition coefficient (Wildman–Crippen LogP) is 2.90. The Labute approximate surface area is 122 Å². The number of likely N-dealkylation sites (N-methyl/N-ethyl adjacent to an activating group) is 1. The van der Waals surface area contributed by atoms with Crippen LogP contribution in [0.2, 0.25) is 0 Å². The van der Waals surface area contributed by atoms with Crippen LogP contribution in [0.25, 0.3) is 0 Å². The molecule has 112 valence electrons. The number of hydrogen-bond donors (Lipinski definition) is 1. The summed E-state index contributed by atoms with van der Waals surface area (Å²) in [6.45, 7) is 8.17. The molecule has 0 radical (unpaired) electrons. The lowest BCUT2D eigenvalue weighted by molar-refractivity contribution is -0.118. The molecule has 0 aliphatic heterocycles. The lowest BCUT2D eigenvalue weighted by atomic mass is 9.94. The lowest BCUT2D eigenvalue weighted by Gasteiger charge is -2.31. The number of thioether (sulfide) groups is 1. The van der Waals surface area contributed by atoms with Gasteiger partial charge in [-0.1, -0.05) is 40.0 Å². The van der Waals surface area contributed by atoms with E-state index in [0.29, 0.717) is 5.75 Å². The van der Waals surface area contributed by atoms with Gasteiger partial charge >= 0.3 is 0 Å². The largest absolute Gasteiger partial charge is 0.354 e. The number of nitrogens with zero attached hydrogens (tertiary/aromatic N) is 1. The Morgan fingerprint density at radius 2 is 1.89 bits per heavy atom. The summed E-state index contributed by atoms with van der Waals surface area (Å²) in [5, 5.41) is 3.02. The first-order chi connectivity index (χ1) is 8.88. The summed E-state index contributed by atoms with van der Waals surface area (Å²) in [6, 6.07) is 0.731. The van der Waals surface area contributed by atoms with E-state index in [2.05, 4.69) is 38.0 Å². The molecule has 0 heterocycles. The van der Waals surface area contributed by atoms with Crippen LogP contribution in [0.3, 0.4) is 0 Å². The van der Waals surface area contributed by atoms with E-state index in [1.165, 1.54) is 32.1 Å². The van der Waals surface area contributed by atoms with E-state index in [4.69, 9.17) is 0 Å². The average Bonchev–Trinajstić information content (AvgIpc) is 2.36. The van der Waals surface area contributed by atoms with Crippen molar-refractivity contribution in [3.63, 3.8) is 0 Å². The molecule has 0 aromatic rings. The highest BCUT2D eigenvalue weighted by molar-refractivity contribution is 8.01. The summed E-state index contributed by atoms with van der Waals surface area (Å²) < 4.78 is 0.163. The second-order valence-corrected chi connectivity index (χ2v) is 8.33. The number of nitrogens with one attached hydrogen (secondary N) is 1. The summed E-state index contributed by atoms with van der Waals surface area (Å²) in [6.07, 6.45) is 6.77. The molecule has 1 saturated carbocycles. The second-order valence-electron chi connectivity index (χ2n) is 6.52. The molecule has 1 aliphatic rings. The summed E-state index contributed by atoms with van der Waals surface area (Å²) in [5.41, 5.74) is 0. The summed E-state index contributed by atoms with van der Waals surface area (Å²) in [4.78, 5) is 14.1. The van der Waals surface area contributed by atoms with Gasteiger partial charge in [0.25, 0.3) is 0 Å². The number of amides is 1. The minimum atomic E-state index is 0.163. The van der Waals surface area contributed by atoms with Crippen LogP contribution >= 0.6 is 11.8 Å². The van der Waals surface area contributed by atoms with Crippen molar-refractivity contribution in [1.82, 2.24) is 10.2 Å². The first-order valence-corrected chi connectivity index (χ1v) is 8.48. The quantitative estimate of drug-likeness (QED) is 0.815. The van der Waals surface area contributed by atoms with Gasteiger partial charge in [0.05, 0.1) is 5.75 Å². The Bertz CT molecular complexity index is 270. The van der Waals surface area contributed by atoms with Crippen molar-refractivity contribution < 1.29 is 4.79 Å². The number of carbonyl (C=O) groups excluding carboxylic acids is 1. The minimum absolute atomic E-state index is 0.163. The number of hydrogen-bond acceptors (Lipinski definition) is 3. The third kappa shape index (κ3) is 7.83. The lowest BCUT2D eigenvalue weighted by Crippen LogP contribution is -2.40. The standard InChI is InChI=1S/C15H30N2OS/c1-15(2,3)19-12-14(18)16-10-11-17(4)13-8-6-5-7-9-13/h13H,5-12H2,1-4H3,(H,16,18). The molecule has 19 heavy (non-hydrogen) atoms. The highest BCUT2D eigenvalue weighted by Gasteiger charge is 2.18. The summed E-state index contributed by atoms with van der Waals surface area (Å²) in [5.74, 6) is 0.730. The maximum atomic E-state index is 11.7. The zero-order chi connectivity index (χ0) is 14.3. The molecule has 1 amide bonds. The van der Waals surface area contributed by atoms with Crippen molar-refractivity contribution in [3.8, 4) is 0 Å². The Hall–Kier alpha value is -0.220. The van der Waals surface area contributed by atoms with Gasteiger partial charge in [0.15, 0.2) is 0 Å². The maximum Gasteiger partial charge on any atom is 0.230 e. The van der Waals surface area contributed by atoms with E-state index in [1.807, 2.05) is 0 Å². The molecule has 0 unspecified atom stereocenters. The van der Waals surface area contributed by atoms with Crippen LogP contribution in [0.4, 0.5) is 0 Å². The molecule has 0 aromatic heterocycles. The van der Waals surface area contributed by atoms with Crippen LogP contribution < -0.4 is 5.32 Å². The van der Waals surface area contributed by atoms with Crippen LogP contribution in [0.1, 0.15) is 52.9 Å². The van der Waals surface area contributed by atoms with Gasteiger partial charge in [-0.15, -0.1) is 11.8 Å². The molecule has 4 heteroatoms. The third-order valence-electron chi connectivity index (χ3n) is 3.62. The van der Waals surface area contributed by atoms with E-state index < -0.39 is 0 Å². The van der Waals surface area contributed by atoms with Gasteiger partial charge in [-0.25, -0.2) is 0 Å². The zero-order valence-electron chi connectivity index (χ0n) is 13.0. The Morgan fingerprint density at radius 3 is 2.47 bits per heavy atom.